The lowest BCUT2D eigenvalue weighted by molar-refractivity contribution is -0.137. The lowest BCUT2D eigenvalue weighted by Crippen LogP contribution is -2.06. The van der Waals surface area contributed by atoms with Gasteiger partial charge in [0.15, 0.2) is 0 Å². The molecule has 0 unspecified atom stereocenters. The van der Waals surface area contributed by atoms with Crippen LogP contribution in [0.5, 0.6) is 0 Å². The van der Waals surface area contributed by atoms with E-state index in [0.717, 1.165) is 17.7 Å². The minimum absolute atomic E-state index is 0.233. The summed E-state index contributed by atoms with van der Waals surface area (Å²) in [6.07, 6.45) is -2.73. The number of benzene rings is 1. The lowest BCUT2D eigenvalue weighted by atomic mass is 10.0. The normalized spacial score (nSPS) is 11.7. The average molecular weight is 280 g/mol. The van der Waals surface area contributed by atoms with E-state index in [1.807, 2.05) is 26.0 Å². The second-order valence-corrected chi connectivity index (χ2v) is 4.80. The van der Waals surface area contributed by atoms with Gasteiger partial charge < -0.3 is 5.32 Å². The molecule has 0 aliphatic carbocycles. The number of halogens is 3. The van der Waals surface area contributed by atoms with Gasteiger partial charge in [-0.15, -0.1) is 0 Å². The zero-order valence-corrected chi connectivity index (χ0v) is 11.2. The SMILES string of the molecule is CC(C)c1cccnc1Nc1cccc(C(F)(F)F)c1. The van der Waals surface area contributed by atoms with Crippen molar-refractivity contribution in [3.8, 4) is 0 Å². The number of nitrogens with one attached hydrogen (secondary N) is 1. The standard InChI is InChI=1S/C15H15F3N2/c1-10(2)13-7-4-8-19-14(13)20-12-6-3-5-11(9-12)15(16,17)18/h3-10H,1-2H3,(H,19,20). The van der Waals surface area contributed by atoms with E-state index in [2.05, 4.69) is 10.3 Å². The third-order valence-electron chi connectivity index (χ3n) is 2.91. The average Bonchev–Trinajstić information content (AvgIpc) is 2.38. The molecule has 5 heteroatoms. The molecule has 0 saturated heterocycles. The first-order chi connectivity index (χ1) is 9.38. The molecular weight excluding hydrogens is 265 g/mol. The number of rotatable bonds is 3. The summed E-state index contributed by atoms with van der Waals surface area (Å²) in [5.41, 5.74) is 0.662. The number of hydrogen-bond donors (Lipinski definition) is 1. The summed E-state index contributed by atoms with van der Waals surface area (Å²) in [7, 11) is 0. The van der Waals surface area contributed by atoms with Gasteiger partial charge in [0.25, 0.3) is 0 Å². The number of aromatic nitrogens is 1. The van der Waals surface area contributed by atoms with Crippen LogP contribution in [0.2, 0.25) is 0 Å². The Morgan fingerprint density at radius 2 is 1.85 bits per heavy atom. The van der Waals surface area contributed by atoms with Crippen LogP contribution in [-0.2, 0) is 6.18 Å². The predicted octanol–water partition coefficient (Wildman–Crippen LogP) is 4.97. The van der Waals surface area contributed by atoms with E-state index in [1.165, 1.54) is 6.07 Å². The molecule has 0 fully saturated rings. The van der Waals surface area contributed by atoms with Crippen LogP contribution >= 0.6 is 0 Å². The molecule has 1 N–H and O–H groups in total. The second kappa shape index (κ2) is 5.53. The van der Waals surface area contributed by atoms with E-state index < -0.39 is 11.7 Å². The Bertz CT molecular complexity index is 592. The molecule has 0 saturated carbocycles. The third kappa shape index (κ3) is 3.29. The molecule has 0 aliphatic rings. The third-order valence-corrected chi connectivity index (χ3v) is 2.91. The highest BCUT2D eigenvalue weighted by atomic mass is 19.4. The Morgan fingerprint density at radius 3 is 2.50 bits per heavy atom. The molecular formula is C15H15F3N2. The fourth-order valence-corrected chi connectivity index (χ4v) is 1.90. The number of hydrogen-bond acceptors (Lipinski definition) is 2. The second-order valence-electron chi connectivity index (χ2n) is 4.80. The maximum absolute atomic E-state index is 12.7. The highest BCUT2D eigenvalue weighted by Crippen LogP contribution is 2.32. The molecule has 0 amide bonds. The Hall–Kier alpha value is -2.04. The van der Waals surface area contributed by atoms with Gasteiger partial charge in [-0.25, -0.2) is 4.98 Å². The van der Waals surface area contributed by atoms with Crippen molar-refractivity contribution >= 4 is 11.5 Å². The Balaban J connectivity index is 2.31. The largest absolute Gasteiger partial charge is 0.416 e. The van der Waals surface area contributed by atoms with Crippen LogP contribution < -0.4 is 5.32 Å². The zero-order valence-electron chi connectivity index (χ0n) is 11.2. The summed E-state index contributed by atoms with van der Waals surface area (Å²) in [5.74, 6) is 0.818. The molecule has 0 atom stereocenters. The van der Waals surface area contributed by atoms with Gasteiger partial charge in [0.2, 0.25) is 0 Å². The minimum Gasteiger partial charge on any atom is -0.340 e. The highest BCUT2D eigenvalue weighted by molar-refractivity contribution is 5.60. The first kappa shape index (κ1) is 14.4. The first-order valence-electron chi connectivity index (χ1n) is 6.27. The number of nitrogens with zero attached hydrogens (tertiary/aromatic N) is 1. The Morgan fingerprint density at radius 1 is 1.10 bits per heavy atom. The molecule has 2 rings (SSSR count). The first-order valence-corrected chi connectivity index (χ1v) is 6.27. The van der Waals surface area contributed by atoms with Gasteiger partial charge in [-0.1, -0.05) is 26.0 Å². The van der Waals surface area contributed by atoms with Gasteiger partial charge in [0.05, 0.1) is 5.56 Å². The van der Waals surface area contributed by atoms with Gasteiger partial charge >= 0.3 is 6.18 Å². The summed E-state index contributed by atoms with van der Waals surface area (Å²) < 4.78 is 38.0. The lowest BCUT2D eigenvalue weighted by Gasteiger charge is -2.14. The van der Waals surface area contributed by atoms with E-state index >= 15 is 0 Å². The van der Waals surface area contributed by atoms with Crippen molar-refractivity contribution in [2.75, 3.05) is 5.32 Å². The summed E-state index contributed by atoms with van der Waals surface area (Å²) in [5, 5.41) is 2.96. The molecule has 2 aromatic rings. The van der Waals surface area contributed by atoms with E-state index in [-0.39, 0.29) is 5.92 Å². The van der Waals surface area contributed by atoms with Gasteiger partial charge in [-0.2, -0.15) is 13.2 Å². The number of pyridine rings is 1. The van der Waals surface area contributed by atoms with Crippen LogP contribution in [0.3, 0.4) is 0 Å². The topological polar surface area (TPSA) is 24.9 Å². The van der Waals surface area contributed by atoms with Crippen LogP contribution in [-0.4, -0.2) is 4.98 Å². The van der Waals surface area contributed by atoms with Crippen molar-refractivity contribution in [1.82, 2.24) is 4.98 Å². The number of alkyl halides is 3. The van der Waals surface area contributed by atoms with Crippen LogP contribution in [0.1, 0.15) is 30.9 Å². The fraction of sp³-hybridized carbons (Fsp3) is 0.267. The van der Waals surface area contributed by atoms with Gasteiger partial charge in [0, 0.05) is 11.9 Å². The summed E-state index contributed by atoms with van der Waals surface area (Å²) in [6.45, 7) is 4.02. The predicted molar refractivity (Wildman–Crippen MR) is 73.1 cm³/mol. The van der Waals surface area contributed by atoms with Crippen molar-refractivity contribution in [3.05, 3.63) is 53.7 Å². The van der Waals surface area contributed by atoms with Crippen LogP contribution in [0, 0.1) is 0 Å². The van der Waals surface area contributed by atoms with Crippen molar-refractivity contribution in [2.24, 2.45) is 0 Å². The van der Waals surface area contributed by atoms with Crippen LogP contribution in [0.15, 0.2) is 42.6 Å². The van der Waals surface area contributed by atoms with Crippen molar-refractivity contribution in [1.29, 1.82) is 0 Å². The van der Waals surface area contributed by atoms with E-state index in [9.17, 15) is 13.2 Å². The van der Waals surface area contributed by atoms with E-state index in [0.29, 0.717) is 11.5 Å². The maximum atomic E-state index is 12.7. The molecule has 1 heterocycles. The summed E-state index contributed by atoms with van der Waals surface area (Å²) >= 11 is 0. The smallest absolute Gasteiger partial charge is 0.340 e. The molecule has 0 aliphatic heterocycles. The molecule has 2 nitrogen and oxygen atoms in total. The van der Waals surface area contributed by atoms with E-state index in [1.54, 1.807) is 12.3 Å². The van der Waals surface area contributed by atoms with Crippen molar-refractivity contribution in [2.45, 2.75) is 25.9 Å². The van der Waals surface area contributed by atoms with Crippen molar-refractivity contribution < 1.29 is 13.2 Å². The molecule has 106 valence electrons. The van der Waals surface area contributed by atoms with Crippen LogP contribution in [0.4, 0.5) is 24.7 Å². The quantitative estimate of drug-likeness (QED) is 0.858. The molecule has 0 bridgehead atoms. The minimum atomic E-state index is -4.34. The van der Waals surface area contributed by atoms with Gasteiger partial charge in [-0.3, -0.25) is 0 Å². The number of anilines is 2. The monoisotopic (exact) mass is 280 g/mol. The zero-order chi connectivity index (χ0) is 14.8. The molecule has 0 radical (unpaired) electrons. The Kier molecular flexibility index (Phi) is 3.97. The molecule has 20 heavy (non-hydrogen) atoms. The summed E-state index contributed by atoms with van der Waals surface area (Å²) in [4.78, 5) is 4.19. The molecule has 1 aromatic carbocycles. The Labute approximate surface area is 115 Å². The molecule has 0 spiro atoms. The highest BCUT2D eigenvalue weighted by Gasteiger charge is 2.30. The summed E-state index contributed by atoms with van der Waals surface area (Å²) in [6, 6.07) is 8.82. The van der Waals surface area contributed by atoms with E-state index in [4.69, 9.17) is 0 Å². The van der Waals surface area contributed by atoms with Crippen LogP contribution in [0.25, 0.3) is 0 Å². The van der Waals surface area contributed by atoms with Gasteiger partial charge in [-0.05, 0) is 35.7 Å². The maximum Gasteiger partial charge on any atom is 0.416 e. The van der Waals surface area contributed by atoms with Gasteiger partial charge in [0.1, 0.15) is 5.82 Å². The van der Waals surface area contributed by atoms with Crippen molar-refractivity contribution in [3.63, 3.8) is 0 Å². The molecule has 1 aromatic heterocycles. The fourth-order valence-electron chi connectivity index (χ4n) is 1.90.